The minimum Gasteiger partial charge on any atom is -0.341 e. The topological polar surface area (TPSA) is 4.93 Å². The van der Waals surface area contributed by atoms with Crippen molar-refractivity contribution in [2.75, 3.05) is 0 Å². The number of rotatable bonds is 4. The van der Waals surface area contributed by atoms with Gasteiger partial charge in [-0.1, -0.05) is 30.3 Å². The highest BCUT2D eigenvalue weighted by Gasteiger charge is 2.13. The quantitative estimate of drug-likeness (QED) is 0.257. The molecule has 0 aliphatic rings. The summed E-state index contributed by atoms with van der Waals surface area (Å²) in [5.41, 5.74) is 3.93. The molecular weight excluding hydrogens is 422 g/mol. The van der Waals surface area contributed by atoms with Gasteiger partial charge in [-0.3, -0.25) is 0 Å². The Bertz CT molecular complexity index is 1480. The van der Waals surface area contributed by atoms with E-state index in [1.807, 2.05) is 22.7 Å². The lowest BCUT2D eigenvalue weighted by molar-refractivity contribution is 0.827. The number of hydrogen-bond acceptors (Lipinski definition) is 3. The Kier molecular flexibility index (Phi) is 4.38. The second kappa shape index (κ2) is 7.24. The van der Waals surface area contributed by atoms with Gasteiger partial charge in [0.05, 0.1) is 0 Å². The van der Waals surface area contributed by atoms with Crippen molar-refractivity contribution in [3.63, 3.8) is 0 Å². The number of benzene rings is 2. The van der Waals surface area contributed by atoms with Gasteiger partial charge in [-0.25, -0.2) is 0 Å². The Balaban J connectivity index is 1.42. The average Bonchev–Trinajstić information content (AvgIpc) is 3.58. The molecule has 30 heavy (non-hydrogen) atoms. The van der Waals surface area contributed by atoms with Crippen LogP contribution in [0, 0.1) is 0 Å². The van der Waals surface area contributed by atoms with E-state index in [1.54, 1.807) is 11.3 Å². The summed E-state index contributed by atoms with van der Waals surface area (Å²) < 4.78 is 2.41. The third kappa shape index (κ3) is 2.87. The van der Waals surface area contributed by atoms with E-state index in [0.717, 1.165) is 6.54 Å². The largest absolute Gasteiger partial charge is 0.341 e. The molecule has 146 valence electrons. The van der Waals surface area contributed by atoms with Crippen LogP contribution in [0.5, 0.6) is 0 Å². The number of fused-ring (bicyclic) bond motifs is 3. The SMILES string of the molecule is CCn1c2ccccc2c2cc(-c3ccc(-c4ccc(-c5cccs5)s4)s3)ccc21. The molecule has 0 atom stereocenters. The van der Waals surface area contributed by atoms with Gasteiger partial charge in [-0.2, -0.15) is 0 Å². The van der Waals surface area contributed by atoms with Crippen LogP contribution >= 0.6 is 34.0 Å². The molecule has 6 rings (SSSR count). The maximum atomic E-state index is 2.41. The third-order valence-corrected chi connectivity index (χ3v) is 9.07. The van der Waals surface area contributed by atoms with Crippen LogP contribution in [0.1, 0.15) is 6.92 Å². The lowest BCUT2D eigenvalue weighted by Crippen LogP contribution is -1.92. The summed E-state index contributed by atoms with van der Waals surface area (Å²) in [5.74, 6) is 0. The molecule has 0 spiro atoms. The molecule has 0 bridgehead atoms. The molecule has 0 fully saturated rings. The summed E-state index contributed by atoms with van der Waals surface area (Å²) in [5, 5.41) is 4.83. The molecule has 1 nitrogen and oxygen atoms in total. The first-order chi connectivity index (χ1) is 14.8. The minimum absolute atomic E-state index is 0.984. The van der Waals surface area contributed by atoms with E-state index in [-0.39, 0.29) is 0 Å². The van der Waals surface area contributed by atoms with E-state index in [0.29, 0.717) is 0 Å². The highest BCUT2D eigenvalue weighted by atomic mass is 32.1. The molecule has 4 aromatic heterocycles. The maximum absolute atomic E-state index is 2.41. The molecule has 6 aromatic rings. The summed E-state index contributed by atoms with van der Waals surface area (Å²) in [6.07, 6.45) is 0. The van der Waals surface area contributed by atoms with Crippen LogP contribution in [0.2, 0.25) is 0 Å². The van der Waals surface area contributed by atoms with Crippen LogP contribution in [0.4, 0.5) is 0 Å². The molecule has 0 amide bonds. The summed E-state index contributed by atoms with van der Waals surface area (Å²) >= 11 is 5.57. The van der Waals surface area contributed by atoms with Crippen LogP contribution in [0.3, 0.4) is 0 Å². The Labute approximate surface area is 187 Å². The third-order valence-electron chi connectivity index (χ3n) is 5.59. The predicted octanol–water partition coefficient (Wildman–Crippen LogP) is 9.00. The van der Waals surface area contributed by atoms with Crippen LogP contribution in [-0.4, -0.2) is 4.57 Å². The van der Waals surface area contributed by atoms with Crippen LogP contribution in [0.15, 0.2) is 84.2 Å². The zero-order chi connectivity index (χ0) is 20.1. The van der Waals surface area contributed by atoms with Crippen molar-refractivity contribution in [1.29, 1.82) is 0 Å². The zero-order valence-electron chi connectivity index (χ0n) is 16.5. The molecule has 4 heterocycles. The fourth-order valence-electron chi connectivity index (χ4n) is 4.19. The average molecular weight is 442 g/mol. The van der Waals surface area contributed by atoms with Gasteiger partial charge in [0, 0.05) is 52.7 Å². The van der Waals surface area contributed by atoms with Gasteiger partial charge in [0.15, 0.2) is 0 Å². The number of thiophene rings is 3. The highest BCUT2D eigenvalue weighted by molar-refractivity contribution is 7.27. The Morgan fingerprint density at radius 1 is 0.633 bits per heavy atom. The van der Waals surface area contributed by atoms with E-state index in [4.69, 9.17) is 0 Å². The molecule has 0 saturated carbocycles. The van der Waals surface area contributed by atoms with Crippen molar-refractivity contribution in [3.05, 3.63) is 84.2 Å². The van der Waals surface area contributed by atoms with Crippen molar-refractivity contribution in [2.45, 2.75) is 13.5 Å². The van der Waals surface area contributed by atoms with Gasteiger partial charge in [0.1, 0.15) is 0 Å². The molecule has 0 saturated heterocycles. The zero-order valence-corrected chi connectivity index (χ0v) is 18.9. The van der Waals surface area contributed by atoms with Crippen molar-refractivity contribution in [3.8, 4) is 29.9 Å². The first-order valence-corrected chi connectivity index (χ1v) is 12.6. The normalized spacial score (nSPS) is 11.6. The van der Waals surface area contributed by atoms with Gasteiger partial charge >= 0.3 is 0 Å². The minimum atomic E-state index is 0.984. The maximum Gasteiger partial charge on any atom is 0.0491 e. The Morgan fingerprint density at radius 2 is 1.33 bits per heavy atom. The fraction of sp³-hybridized carbons (Fsp3) is 0.0769. The van der Waals surface area contributed by atoms with Crippen molar-refractivity contribution in [2.24, 2.45) is 0 Å². The molecule has 0 aliphatic carbocycles. The van der Waals surface area contributed by atoms with Gasteiger partial charge in [-0.15, -0.1) is 34.0 Å². The summed E-state index contributed by atoms with van der Waals surface area (Å²) in [6.45, 7) is 3.20. The monoisotopic (exact) mass is 441 g/mol. The summed E-state index contributed by atoms with van der Waals surface area (Å²) in [7, 11) is 0. The van der Waals surface area contributed by atoms with E-state index in [9.17, 15) is 0 Å². The number of para-hydroxylation sites is 1. The molecule has 0 aliphatic heterocycles. The molecule has 2 aromatic carbocycles. The standard InChI is InChI=1S/C26H19NS3/c1-2-27-20-7-4-3-6-18(20)19-16-17(9-10-21(19)27)22-11-12-25(29-22)26-14-13-24(30-26)23-8-5-15-28-23/h3-16H,2H2,1H3. The smallest absolute Gasteiger partial charge is 0.0491 e. The highest BCUT2D eigenvalue weighted by Crippen LogP contribution is 2.42. The van der Waals surface area contributed by atoms with Crippen molar-refractivity contribution < 1.29 is 0 Å². The first-order valence-electron chi connectivity index (χ1n) is 10.1. The number of aromatic nitrogens is 1. The van der Waals surface area contributed by atoms with E-state index in [1.165, 1.54) is 51.8 Å². The summed E-state index contributed by atoms with van der Waals surface area (Å²) in [6, 6.07) is 29.0. The van der Waals surface area contributed by atoms with Crippen LogP contribution < -0.4 is 0 Å². The Hall–Kier alpha value is -2.66. The fourth-order valence-corrected chi connectivity index (χ4v) is 7.13. The van der Waals surface area contributed by atoms with Crippen LogP contribution in [-0.2, 0) is 6.54 Å². The van der Waals surface area contributed by atoms with Gasteiger partial charge in [0.25, 0.3) is 0 Å². The molecule has 0 radical (unpaired) electrons. The first kappa shape index (κ1) is 18.1. The second-order valence-corrected chi connectivity index (χ2v) is 10.4. The Morgan fingerprint density at radius 3 is 2.10 bits per heavy atom. The van der Waals surface area contributed by atoms with E-state index < -0.39 is 0 Å². The van der Waals surface area contributed by atoms with Gasteiger partial charge in [-0.05, 0) is 66.4 Å². The lowest BCUT2D eigenvalue weighted by atomic mass is 10.1. The van der Waals surface area contributed by atoms with Crippen molar-refractivity contribution >= 4 is 55.8 Å². The molecule has 0 N–H and O–H groups in total. The number of aryl methyl sites for hydroxylation is 1. The van der Waals surface area contributed by atoms with E-state index in [2.05, 4.69) is 95.7 Å². The molecular formula is C26H19NS3. The number of hydrogen-bond donors (Lipinski definition) is 0. The number of nitrogens with zero attached hydrogens (tertiary/aromatic N) is 1. The van der Waals surface area contributed by atoms with Crippen LogP contribution in [0.25, 0.3) is 51.8 Å². The molecule has 0 unspecified atom stereocenters. The lowest BCUT2D eigenvalue weighted by Gasteiger charge is -2.03. The summed E-state index contributed by atoms with van der Waals surface area (Å²) in [4.78, 5) is 6.71. The molecule has 4 heteroatoms. The van der Waals surface area contributed by atoms with Crippen molar-refractivity contribution in [1.82, 2.24) is 4.57 Å². The van der Waals surface area contributed by atoms with Gasteiger partial charge < -0.3 is 4.57 Å². The van der Waals surface area contributed by atoms with Gasteiger partial charge in [0.2, 0.25) is 0 Å². The second-order valence-electron chi connectivity index (χ2n) is 7.30. The predicted molar refractivity (Wildman–Crippen MR) is 135 cm³/mol. The van der Waals surface area contributed by atoms with E-state index >= 15 is 0 Å².